The molecule has 0 saturated carbocycles. The maximum atomic E-state index is 11.6. The lowest BCUT2D eigenvalue weighted by molar-refractivity contribution is -0.124. The zero-order valence-corrected chi connectivity index (χ0v) is 7.33. The zero-order valence-electron chi connectivity index (χ0n) is 7.33. The van der Waals surface area contributed by atoms with Crippen molar-refractivity contribution in [2.45, 2.75) is 26.1 Å². The molecule has 2 N–H and O–H groups in total. The molecule has 0 heterocycles. The Balaban J connectivity index is 3.12. The molecular weight excluding hydrogens is 169 g/mol. The Morgan fingerprint density at radius 2 is 1.75 bits per heavy atom. The highest BCUT2D eigenvalue weighted by atomic mass is 19.4. The minimum absolute atomic E-state index is 0.317. The van der Waals surface area contributed by atoms with Crippen LogP contribution >= 0.6 is 0 Å². The topological polar surface area (TPSA) is 24.1 Å². The molecular formula is C7H15F3N2. The molecule has 0 saturated heterocycles. The van der Waals surface area contributed by atoms with Gasteiger partial charge in [-0.3, -0.25) is 0 Å². The van der Waals surface area contributed by atoms with Gasteiger partial charge in [-0.05, 0) is 0 Å². The fraction of sp³-hybridized carbons (Fsp3) is 1.00. The minimum Gasteiger partial charge on any atom is -0.313 e. The van der Waals surface area contributed by atoms with E-state index in [2.05, 4.69) is 10.6 Å². The van der Waals surface area contributed by atoms with Gasteiger partial charge in [0.1, 0.15) is 0 Å². The summed E-state index contributed by atoms with van der Waals surface area (Å²) < 4.78 is 34.7. The number of hydrogen-bond donors (Lipinski definition) is 2. The predicted molar refractivity (Wildman–Crippen MR) is 42.1 cm³/mol. The van der Waals surface area contributed by atoms with Crippen LogP contribution in [0.1, 0.15) is 13.8 Å². The number of alkyl halides is 3. The van der Waals surface area contributed by atoms with Crippen molar-refractivity contribution in [3.63, 3.8) is 0 Å². The molecule has 0 unspecified atom stereocenters. The normalized spacial score (nSPS) is 12.5. The largest absolute Gasteiger partial charge is 0.401 e. The van der Waals surface area contributed by atoms with E-state index < -0.39 is 12.7 Å². The first-order valence-corrected chi connectivity index (χ1v) is 3.92. The summed E-state index contributed by atoms with van der Waals surface area (Å²) in [5, 5.41) is 5.30. The van der Waals surface area contributed by atoms with Crippen LogP contribution in [0.4, 0.5) is 13.2 Å². The lowest BCUT2D eigenvalue weighted by Crippen LogP contribution is -2.36. The van der Waals surface area contributed by atoms with Gasteiger partial charge in [0.25, 0.3) is 0 Å². The van der Waals surface area contributed by atoms with E-state index in [0.29, 0.717) is 19.1 Å². The summed E-state index contributed by atoms with van der Waals surface area (Å²) in [6.45, 7) is 3.89. The first-order chi connectivity index (χ1) is 5.42. The van der Waals surface area contributed by atoms with Gasteiger partial charge in [-0.1, -0.05) is 13.8 Å². The maximum Gasteiger partial charge on any atom is 0.401 e. The molecule has 2 nitrogen and oxygen atoms in total. The van der Waals surface area contributed by atoms with Crippen molar-refractivity contribution < 1.29 is 13.2 Å². The molecule has 0 fully saturated rings. The van der Waals surface area contributed by atoms with Crippen LogP contribution in [-0.4, -0.2) is 31.9 Å². The van der Waals surface area contributed by atoms with Gasteiger partial charge in [-0.2, -0.15) is 13.2 Å². The zero-order chi connectivity index (χ0) is 9.61. The summed E-state index contributed by atoms with van der Waals surface area (Å²) >= 11 is 0. The van der Waals surface area contributed by atoms with Gasteiger partial charge in [0, 0.05) is 19.1 Å². The average Bonchev–Trinajstić information content (AvgIpc) is 1.83. The van der Waals surface area contributed by atoms with Gasteiger partial charge in [-0.25, -0.2) is 0 Å². The van der Waals surface area contributed by atoms with E-state index in [1.165, 1.54) is 0 Å². The van der Waals surface area contributed by atoms with Crippen LogP contribution < -0.4 is 10.6 Å². The molecule has 0 aliphatic carbocycles. The fourth-order valence-corrected chi connectivity index (χ4v) is 0.679. The van der Waals surface area contributed by atoms with E-state index in [1.807, 2.05) is 13.8 Å². The number of hydrogen-bond acceptors (Lipinski definition) is 2. The lowest BCUT2D eigenvalue weighted by Gasteiger charge is -2.10. The van der Waals surface area contributed by atoms with Crippen LogP contribution in [0.25, 0.3) is 0 Å². The Morgan fingerprint density at radius 3 is 2.17 bits per heavy atom. The SMILES string of the molecule is CC(C)NCCNCC(F)(F)F. The molecule has 0 aliphatic heterocycles. The molecule has 5 heteroatoms. The van der Waals surface area contributed by atoms with Crippen LogP contribution in [0, 0.1) is 0 Å². The molecule has 0 amide bonds. The van der Waals surface area contributed by atoms with Crippen LogP contribution in [0.3, 0.4) is 0 Å². The fourth-order valence-electron chi connectivity index (χ4n) is 0.679. The highest BCUT2D eigenvalue weighted by molar-refractivity contribution is 4.58. The van der Waals surface area contributed by atoms with E-state index >= 15 is 0 Å². The second kappa shape index (κ2) is 5.37. The van der Waals surface area contributed by atoms with Crippen molar-refractivity contribution in [3.05, 3.63) is 0 Å². The maximum absolute atomic E-state index is 11.6. The van der Waals surface area contributed by atoms with Gasteiger partial charge in [0.05, 0.1) is 6.54 Å². The summed E-state index contributed by atoms with van der Waals surface area (Å²) in [4.78, 5) is 0. The lowest BCUT2D eigenvalue weighted by atomic mass is 10.4. The molecule has 0 aromatic heterocycles. The summed E-state index contributed by atoms with van der Waals surface area (Å²) in [7, 11) is 0. The van der Waals surface area contributed by atoms with Gasteiger partial charge >= 0.3 is 6.18 Å². The van der Waals surface area contributed by atoms with E-state index in [4.69, 9.17) is 0 Å². The van der Waals surface area contributed by atoms with Crippen LogP contribution in [0.15, 0.2) is 0 Å². The molecule has 0 aromatic rings. The van der Waals surface area contributed by atoms with E-state index in [9.17, 15) is 13.2 Å². The Labute approximate surface area is 70.5 Å². The number of halogens is 3. The van der Waals surface area contributed by atoms with Gasteiger partial charge in [0.2, 0.25) is 0 Å². The van der Waals surface area contributed by atoms with E-state index in [1.54, 1.807) is 0 Å². The first-order valence-electron chi connectivity index (χ1n) is 3.92. The molecule has 74 valence electrons. The summed E-state index contributed by atoms with van der Waals surface area (Å²) in [6, 6.07) is 0.317. The third-order valence-corrected chi connectivity index (χ3v) is 1.18. The van der Waals surface area contributed by atoms with E-state index in [-0.39, 0.29) is 0 Å². The third kappa shape index (κ3) is 9.71. The van der Waals surface area contributed by atoms with Crippen molar-refractivity contribution >= 4 is 0 Å². The molecule has 0 atom stereocenters. The van der Waals surface area contributed by atoms with Gasteiger partial charge in [-0.15, -0.1) is 0 Å². The quantitative estimate of drug-likeness (QED) is 0.626. The molecule has 0 spiro atoms. The molecule has 12 heavy (non-hydrogen) atoms. The molecule has 0 aliphatic rings. The van der Waals surface area contributed by atoms with Crippen molar-refractivity contribution in [2.75, 3.05) is 19.6 Å². The minimum atomic E-state index is -4.10. The molecule has 0 rings (SSSR count). The Bertz CT molecular complexity index is 112. The molecule has 0 radical (unpaired) electrons. The number of nitrogens with one attached hydrogen (secondary N) is 2. The summed E-state index contributed by atoms with van der Waals surface area (Å²) in [5.41, 5.74) is 0. The number of rotatable bonds is 5. The van der Waals surface area contributed by atoms with Crippen LogP contribution in [-0.2, 0) is 0 Å². The van der Waals surface area contributed by atoms with Crippen molar-refractivity contribution in [3.8, 4) is 0 Å². The summed E-state index contributed by atoms with van der Waals surface area (Å²) in [5.74, 6) is 0. The van der Waals surface area contributed by atoms with Crippen LogP contribution in [0.5, 0.6) is 0 Å². The van der Waals surface area contributed by atoms with Crippen molar-refractivity contribution in [2.24, 2.45) is 0 Å². The first kappa shape index (κ1) is 11.7. The summed E-state index contributed by atoms with van der Waals surface area (Å²) in [6.07, 6.45) is -4.10. The average molecular weight is 184 g/mol. The highest BCUT2D eigenvalue weighted by Crippen LogP contribution is 2.11. The Morgan fingerprint density at radius 1 is 1.17 bits per heavy atom. The predicted octanol–water partition coefficient (Wildman–Crippen LogP) is 1.14. The van der Waals surface area contributed by atoms with Gasteiger partial charge < -0.3 is 10.6 Å². The highest BCUT2D eigenvalue weighted by Gasteiger charge is 2.25. The van der Waals surface area contributed by atoms with Crippen molar-refractivity contribution in [1.29, 1.82) is 0 Å². The van der Waals surface area contributed by atoms with E-state index in [0.717, 1.165) is 0 Å². The standard InChI is InChI=1S/C7H15F3N2/c1-6(2)12-4-3-11-5-7(8,9)10/h6,11-12H,3-5H2,1-2H3. The second-order valence-corrected chi connectivity index (χ2v) is 2.90. The Hall–Kier alpha value is -0.290. The van der Waals surface area contributed by atoms with Crippen LogP contribution in [0.2, 0.25) is 0 Å². The molecule has 0 aromatic carbocycles. The Kier molecular flexibility index (Phi) is 5.24. The smallest absolute Gasteiger partial charge is 0.313 e. The van der Waals surface area contributed by atoms with Gasteiger partial charge in [0.15, 0.2) is 0 Å². The second-order valence-electron chi connectivity index (χ2n) is 2.90. The molecule has 0 bridgehead atoms. The monoisotopic (exact) mass is 184 g/mol. The third-order valence-electron chi connectivity index (χ3n) is 1.18. The van der Waals surface area contributed by atoms with Crippen molar-refractivity contribution in [1.82, 2.24) is 10.6 Å².